The van der Waals surface area contributed by atoms with Crippen LogP contribution >= 0.6 is 0 Å². The quantitative estimate of drug-likeness (QED) is 0.521. The van der Waals surface area contributed by atoms with Crippen LogP contribution in [-0.4, -0.2) is 37.6 Å². The molecule has 8 heteroatoms. The summed E-state index contributed by atoms with van der Waals surface area (Å²) in [5.74, 6) is -0.793. The van der Waals surface area contributed by atoms with E-state index in [0.717, 1.165) is 0 Å². The summed E-state index contributed by atoms with van der Waals surface area (Å²) in [6, 6.07) is 4.43. The molecule has 0 heterocycles. The molecule has 1 fully saturated rings. The van der Waals surface area contributed by atoms with E-state index in [-0.39, 0.29) is 37.6 Å². The number of halogens is 3. The highest BCUT2D eigenvalue weighted by atomic mass is 19.4. The van der Waals surface area contributed by atoms with Crippen LogP contribution in [0.25, 0.3) is 0 Å². The molecule has 0 radical (unpaired) electrons. The second kappa shape index (κ2) is 9.80. The van der Waals surface area contributed by atoms with E-state index >= 15 is 0 Å². The molecule has 2 atom stereocenters. The van der Waals surface area contributed by atoms with E-state index in [9.17, 15) is 22.8 Å². The molecule has 0 unspecified atom stereocenters. The standard InChI is InChI=1S/C20H26F3NO4/c1-13(25)14-8-9-17(18(11-14)27-2)28-10-4-7-19(26)24-16-6-3-5-15(12-16)20(21,22)23/h8-9,11,15-16H,3-7,10,12H2,1-2H3,(H,24,26)/t15-,16-/m0/s1. The van der Waals surface area contributed by atoms with Crippen LogP contribution in [0.1, 0.15) is 55.8 Å². The molecular formula is C20H26F3NO4. The third-order valence-corrected chi connectivity index (χ3v) is 4.88. The van der Waals surface area contributed by atoms with E-state index in [0.29, 0.717) is 36.3 Å². The van der Waals surface area contributed by atoms with Crippen LogP contribution in [0.15, 0.2) is 18.2 Å². The first kappa shape index (κ1) is 22.0. The van der Waals surface area contributed by atoms with Gasteiger partial charge in [-0.15, -0.1) is 0 Å². The molecule has 1 aliphatic carbocycles. The molecule has 1 aliphatic rings. The number of Topliss-reactive ketones (excluding diaryl/α,β-unsaturated/α-hetero) is 1. The summed E-state index contributed by atoms with van der Waals surface area (Å²) in [5.41, 5.74) is 0.508. The monoisotopic (exact) mass is 401 g/mol. The van der Waals surface area contributed by atoms with Crippen molar-refractivity contribution in [1.29, 1.82) is 0 Å². The van der Waals surface area contributed by atoms with E-state index in [2.05, 4.69) is 5.32 Å². The Morgan fingerprint density at radius 2 is 1.96 bits per heavy atom. The minimum absolute atomic E-state index is 0.0502. The third kappa shape index (κ3) is 6.42. The van der Waals surface area contributed by atoms with Gasteiger partial charge in [0.05, 0.1) is 19.6 Å². The van der Waals surface area contributed by atoms with Gasteiger partial charge in [0.1, 0.15) is 0 Å². The molecule has 1 N–H and O–H groups in total. The smallest absolute Gasteiger partial charge is 0.391 e. The van der Waals surface area contributed by atoms with E-state index in [1.54, 1.807) is 18.2 Å². The average molecular weight is 401 g/mol. The molecule has 28 heavy (non-hydrogen) atoms. The molecule has 1 aromatic rings. The zero-order valence-electron chi connectivity index (χ0n) is 16.1. The van der Waals surface area contributed by atoms with Crippen LogP contribution in [0.4, 0.5) is 13.2 Å². The number of rotatable bonds is 8. The summed E-state index contributed by atoms with van der Waals surface area (Å²) in [4.78, 5) is 23.4. The summed E-state index contributed by atoms with van der Waals surface area (Å²) in [6.45, 7) is 1.70. The Balaban J connectivity index is 1.75. The van der Waals surface area contributed by atoms with Crippen LogP contribution in [0.3, 0.4) is 0 Å². The lowest BCUT2D eigenvalue weighted by Crippen LogP contribution is -2.41. The summed E-state index contributed by atoms with van der Waals surface area (Å²) < 4.78 is 49.3. The summed E-state index contributed by atoms with van der Waals surface area (Å²) in [6.07, 6.45) is -2.49. The van der Waals surface area contributed by atoms with Crippen molar-refractivity contribution in [3.05, 3.63) is 23.8 Å². The van der Waals surface area contributed by atoms with Crippen LogP contribution < -0.4 is 14.8 Å². The normalized spacial score (nSPS) is 19.8. The molecule has 156 valence electrons. The third-order valence-electron chi connectivity index (χ3n) is 4.88. The van der Waals surface area contributed by atoms with Crippen molar-refractivity contribution in [3.63, 3.8) is 0 Å². The van der Waals surface area contributed by atoms with E-state index in [1.165, 1.54) is 14.0 Å². The van der Waals surface area contributed by atoms with Gasteiger partial charge in [-0.25, -0.2) is 0 Å². The molecule has 0 saturated heterocycles. The molecule has 5 nitrogen and oxygen atoms in total. The number of amides is 1. The average Bonchev–Trinajstić information content (AvgIpc) is 2.64. The zero-order chi connectivity index (χ0) is 20.7. The number of hydrogen-bond donors (Lipinski definition) is 1. The fraction of sp³-hybridized carbons (Fsp3) is 0.600. The van der Waals surface area contributed by atoms with Gasteiger partial charge in [-0.1, -0.05) is 6.42 Å². The first-order valence-electron chi connectivity index (χ1n) is 9.38. The van der Waals surface area contributed by atoms with Gasteiger partial charge in [-0.2, -0.15) is 13.2 Å². The van der Waals surface area contributed by atoms with Gasteiger partial charge in [0, 0.05) is 18.0 Å². The Hall–Kier alpha value is -2.25. The van der Waals surface area contributed by atoms with Gasteiger partial charge in [-0.05, 0) is 50.8 Å². The minimum atomic E-state index is -4.20. The number of benzene rings is 1. The van der Waals surface area contributed by atoms with Crippen molar-refractivity contribution < 1.29 is 32.2 Å². The maximum absolute atomic E-state index is 12.8. The van der Waals surface area contributed by atoms with Crippen LogP contribution in [0.2, 0.25) is 0 Å². The summed E-state index contributed by atoms with van der Waals surface area (Å²) in [7, 11) is 1.47. The Kier molecular flexibility index (Phi) is 7.71. The van der Waals surface area contributed by atoms with Gasteiger partial charge in [-0.3, -0.25) is 9.59 Å². The first-order valence-corrected chi connectivity index (χ1v) is 9.38. The molecule has 0 bridgehead atoms. The van der Waals surface area contributed by atoms with Gasteiger partial charge in [0.2, 0.25) is 5.91 Å². The largest absolute Gasteiger partial charge is 0.493 e. The Morgan fingerprint density at radius 1 is 1.21 bits per heavy atom. The van der Waals surface area contributed by atoms with Crippen LogP contribution in [0.5, 0.6) is 11.5 Å². The lowest BCUT2D eigenvalue weighted by atomic mass is 9.85. The number of alkyl halides is 3. The second-order valence-electron chi connectivity index (χ2n) is 7.04. The molecule has 2 rings (SSSR count). The molecule has 0 spiro atoms. The molecule has 0 aromatic heterocycles. The lowest BCUT2D eigenvalue weighted by Gasteiger charge is -2.31. The number of nitrogens with one attached hydrogen (secondary N) is 1. The Bertz CT molecular complexity index is 691. The second-order valence-corrected chi connectivity index (χ2v) is 7.04. The van der Waals surface area contributed by atoms with Crippen molar-refractivity contribution in [2.75, 3.05) is 13.7 Å². The molecule has 1 saturated carbocycles. The predicted octanol–water partition coefficient (Wildman–Crippen LogP) is 4.29. The fourth-order valence-electron chi connectivity index (χ4n) is 3.34. The number of carbonyl (C=O) groups excluding carboxylic acids is 2. The molecule has 1 amide bonds. The number of hydrogen-bond acceptors (Lipinski definition) is 4. The van der Waals surface area contributed by atoms with Gasteiger partial charge >= 0.3 is 6.18 Å². The van der Waals surface area contributed by atoms with Crippen LogP contribution in [0, 0.1) is 5.92 Å². The topological polar surface area (TPSA) is 64.6 Å². The summed E-state index contributed by atoms with van der Waals surface area (Å²) >= 11 is 0. The highest BCUT2D eigenvalue weighted by molar-refractivity contribution is 5.94. The maximum Gasteiger partial charge on any atom is 0.391 e. The van der Waals surface area contributed by atoms with E-state index < -0.39 is 18.1 Å². The minimum Gasteiger partial charge on any atom is -0.493 e. The number of methoxy groups -OCH3 is 1. The SMILES string of the molecule is COc1cc(C(C)=O)ccc1OCCCC(=O)N[C@H]1CCC[C@H](C(F)(F)F)C1. The number of carbonyl (C=O) groups is 2. The molecule has 1 aromatic carbocycles. The zero-order valence-corrected chi connectivity index (χ0v) is 16.1. The van der Waals surface area contributed by atoms with Crippen molar-refractivity contribution in [3.8, 4) is 11.5 Å². The van der Waals surface area contributed by atoms with Gasteiger partial charge < -0.3 is 14.8 Å². The van der Waals surface area contributed by atoms with Crippen molar-refractivity contribution in [2.24, 2.45) is 5.92 Å². The predicted molar refractivity (Wildman–Crippen MR) is 97.7 cm³/mol. The molecule has 0 aliphatic heterocycles. The number of ether oxygens (including phenoxy) is 2. The maximum atomic E-state index is 12.8. The van der Waals surface area contributed by atoms with E-state index in [1.807, 2.05) is 0 Å². The van der Waals surface area contributed by atoms with Crippen molar-refractivity contribution in [1.82, 2.24) is 5.32 Å². The Morgan fingerprint density at radius 3 is 2.61 bits per heavy atom. The Labute approximate surface area is 162 Å². The molecular weight excluding hydrogens is 375 g/mol. The highest BCUT2D eigenvalue weighted by Crippen LogP contribution is 2.37. The van der Waals surface area contributed by atoms with Gasteiger partial charge in [0.15, 0.2) is 17.3 Å². The van der Waals surface area contributed by atoms with E-state index in [4.69, 9.17) is 9.47 Å². The van der Waals surface area contributed by atoms with Gasteiger partial charge in [0.25, 0.3) is 0 Å². The van der Waals surface area contributed by atoms with Crippen molar-refractivity contribution >= 4 is 11.7 Å². The number of ketones is 1. The summed E-state index contributed by atoms with van der Waals surface area (Å²) in [5, 5.41) is 2.71. The fourth-order valence-corrected chi connectivity index (χ4v) is 3.34. The van der Waals surface area contributed by atoms with Crippen LogP contribution in [-0.2, 0) is 4.79 Å². The highest BCUT2D eigenvalue weighted by Gasteiger charge is 2.42. The first-order chi connectivity index (χ1) is 13.2. The lowest BCUT2D eigenvalue weighted by molar-refractivity contribution is -0.184. The van der Waals surface area contributed by atoms with Crippen molar-refractivity contribution in [2.45, 2.75) is 57.7 Å².